The highest BCUT2D eigenvalue weighted by Crippen LogP contribution is 2.27. The van der Waals surface area contributed by atoms with Crippen LogP contribution in [0.3, 0.4) is 0 Å². The van der Waals surface area contributed by atoms with Gasteiger partial charge in [-0.15, -0.1) is 0 Å². The van der Waals surface area contributed by atoms with Crippen LogP contribution in [0.1, 0.15) is 44.8 Å². The lowest BCUT2D eigenvalue weighted by molar-refractivity contribution is 0.0956. The first kappa shape index (κ1) is 13.4. The van der Waals surface area contributed by atoms with Crippen molar-refractivity contribution in [2.24, 2.45) is 0 Å². The first-order valence-electron chi connectivity index (χ1n) is 6.90. The van der Waals surface area contributed by atoms with E-state index in [0.717, 1.165) is 24.1 Å². The molecule has 0 unspecified atom stereocenters. The maximum Gasteiger partial charge on any atom is 0.258 e. The molecule has 0 bridgehead atoms. The molecular weight excluding hydrogens is 268 g/mol. The van der Waals surface area contributed by atoms with Gasteiger partial charge in [-0.1, -0.05) is 6.07 Å². The first-order valence-corrected chi connectivity index (χ1v) is 6.90. The predicted molar refractivity (Wildman–Crippen MR) is 78.9 cm³/mol. The molecule has 3 N–H and O–H groups in total. The van der Waals surface area contributed by atoms with Gasteiger partial charge in [0.1, 0.15) is 5.75 Å². The van der Waals surface area contributed by atoms with Gasteiger partial charge in [0.25, 0.3) is 5.91 Å². The van der Waals surface area contributed by atoms with Crippen LogP contribution in [0, 0.1) is 6.92 Å². The number of fused-ring (bicyclic) bond motifs is 1. The van der Waals surface area contributed by atoms with Crippen molar-refractivity contribution in [2.45, 2.75) is 26.2 Å². The Balaban J connectivity index is 1.90. The second-order valence-electron chi connectivity index (χ2n) is 5.31. The Labute approximate surface area is 122 Å². The highest BCUT2D eigenvalue weighted by atomic mass is 16.3. The zero-order chi connectivity index (χ0) is 15.0. The lowest BCUT2D eigenvalue weighted by atomic mass is 9.93. The molecule has 1 aromatic carbocycles. The van der Waals surface area contributed by atoms with Crippen LogP contribution >= 0.6 is 0 Å². The standard InChI is InChI=1S/C16H16N2O3/c1-9-5-6-11(14(20)7-9)18-16(21)10-8-17-12-3-2-4-13(19)15(10)12/h5-8,17,20H,2-4H2,1H3,(H,18,21). The number of anilines is 1. The van der Waals surface area contributed by atoms with Crippen LogP contribution in [0.2, 0.25) is 0 Å². The molecule has 0 atom stereocenters. The lowest BCUT2D eigenvalue weighted by Crippen LogP contribution is -2.18. The number of hydrogen-bond donors (Lipinski definition) is 3. The smallest absolute Gasteiger partial charge is 0.258 e. The summed E-state index contributed by atoms with van der Waals surface area (Å²) in [5.74, 6) is -0.378. The van der Waals surface area contributed by atoms with Gasteiger partial charge < -0.3 is 15.4 Å². The van der Waals surface area contributed by atoms with Crippen molar-refractivity contribution in [3.05, 3.63) is 46.8 Å². The molecule has 1 aliphatic rings. The third kappa shape index (κ3) is 2.42. The van der Waals surface area contributed by atoms with Crippen molar-refractivity contribution in [3.8, 4) is 5.75 Å². The van der Waals surface area contributed by atoms with E-state index in [-0.39, 0.29) is 17.4 Å². The summed E-state index contributed by atoms with van der Waals surface area (Å²) in [5.41, 5.74) is 2.90. The number of rotatable bonds is 2. The number of phenols is 1. The Bertz CT molecular complexity index is 731. The minimum atomic E-state index is -0.387. The number of nitrogens with one attached hydrogen (secondary N) is 2. The molecule has 5 nitrogen and oxygen atoms in total. The number of ketones is 1. The SMILES string of the molecule is Cc1ccc(NC(=O)c2c[nH]c3c2C(=O)CCC3)c(O)c1. The molecule has 2 aromatic rings. The van der Waals surface area contributed by atoms with Crippen molar-refractivity contribution in [1.29, 1.82) is 0 Å². The number of carbonyl (C=O) groups excluding carboxylic acids is 2. The molecule has 1 aromatic heterocycles. The average Bonchev–Trinajstić information content (AvgIpc) is 2.87. The van der Waals surface area contributed by atoms with Crippen molar-refractivity contribution in [1.82, 2.24) is 4.98 Å². The van der Waals surface area contributed by atoms with E-state index in [4.69, 9.17) is 0 Å². The molecule has 5 heteroatoms. The molecule has 0 saturated carbocycles. The largest absolute Gasteiger partial charge is 0.506 e. The lowest BCUT2D eigenvalue weighted by Gasteiger charge is -2.12. The Hall–Kier alpha value is -2.56. The van der Waals surface area contributed by atoms with Gasteiger partial charge >= 0.3 is 0 Å². The molecule has 1 heterocycles. The van der Waals surface area contributed by atoms with Crippen LogP contribution in [0.5, 0.6) is 5.75 Å². The number of aromatic hydroxyl groups is 1. The molecule has 0 aliphatic heterocycles. The van der Waals surface area contributed by atoms with E-state index in [1.807, 2.05) is 6.92 Å². The Kier molecular flexibility index (Phi) is 3.25. The molecule has 108 valence electrons. The molecule has 0 spiro atoms. The molecular formula is C16H16N2O3. The van der Waals surface area contributed by atoms with Crippen LogP contribution in [-0.4, -0.2) is 21.8 Å². The zero-order valence-corrected chi connectivity index (χ0v) is 11.7. The van der Waals surface area contributed by atoms with E-state index in [1.54, 1.807) is 24.4 Å². The topological polar surface area (TPSA) is 82.2 Å². The Morgan fingerprint density at radius 3 is 2.90 bits per heavy atom. The Morgan fingerprint density at radius 2 is 2.14 bits per heavy atom. The van der Waals surface area contributed by atoms with Crippen molar-refractivity contribution < 1.29 is 14.7 Å². The van der Waals surface area contributed by atoms with Gasteiger partial charge in [-0.05, 0) is 37.5 Å². The second-order valence-corrected chi connectivity index (χ2v) is 5.31. The number of benzene rings is 1. The maximum absolute atomic E-state index is 12.3. The number of hydrogen-bond acceptors (Lipinski definition) is 3. The van der Waals surface area contributed by atoms with Crippen LogP contribution in [0.25, 0.3) is 0 Å². The molecule has 1 amide bonds. The fraction of sp³-hybridized carbons (Fsp3) is 0.250. The van der Waals surface area contributed by atoms with E-state index < -0.39 is 0 Å². The third-order valence-corrected chi connectivity index (χ3v) is 3.72. The number of amides is 1. The summed E-state index contributed by atoms with van der Waals surface area (Å²) in [5, 5.41) is 12.5. The van der Waals surface area contributed by atoms with E-state index >= 15 is 0 Å². The molecule has 0 saturated heterocycles. The van der Waals surface area contributed by atoms with Crippen LogP contribution in [0.4, 0.5) is 5.69 Å². The van der Waals surface area contributed by atoms with Crippen LogP contribution in [-0.2, 0) is 6.42 Å². The van der Waals surface area contributed by atoms with Gasteiger partial charge in [-0.3, -0.25) is 9.59 Å². The second kappa shape index (κ2) is 5.09. The highest BCUT2D eigenvalue weighted by Gasteiger charge is 2.26. The fourth-order valence-electron chi connectivity index (χ4n) is 2.65. The first-order chi connectivity index (χ1) is 10.1. The quantitative estimate of drug-likeness (QED) is 0.742. The summed E-state index contributed by atoms with van der Waals surface area (Å²) >= 11 is 0. The molecule has 0 fully saturated rings. The third-order valence-electron chi connectivity index (χ3n) is 3.72. The summed E-state index contributed by atoms with van der Waals surface area (Å²) in [6, 6.07) is 5.02. The van der Waals surface area contributed by atoms with Crippen molar-refractivity contribution in [2.75, 3.05) is 5.32 Å². The van der Waals surface area contributed by atoms with Gasteiger partial charge in [0.15, 0.2) is 5.78 Å². The number of aryl methyl sites for hydroxylation is 2. The monoisotopic (exact) mass is 284 g/mol. The summed E-state index contributed by atoms with van der Waals surface area (Å²) in [4.78, 5) is 27.3. The van der Waals surface area contributed by atoms with Gasteiger partial charge in [0.05, 0.1) is 16.8 Å². The maximum atomic E-state index is 12.3. The van der Waals surface area contributed by atoms with E-state index in [2.05, 4.69) is 10.3 Å². The van der Waals surface area contributed by atoms with E-state index in [0.29, 0.717) is 23.2 Å². The number of aromatic nitrogens is 1. The summed E-state index contributed by atoms with van der Waals surface area (Å²) in [6.07, 6.45) is 3.63. The van der Waals surface area contributed by atoms with Crippen molar-refractivity contribution in [3.63, 3.8) is 0 Å². The summed E-state index contributed by atoms with van der Waals surface area (Å²) < 4.78 is 0. The number of aromatic amines is 1. The molecule has 0 radical (unpaired) electrons. The molecule has 1 aliphatic carbocycles. The average molecular weight is 284 g/mol. The number of H-pyrrole nitrogens is 1. The normalized spacial score (nSPS) is 13.9. The van der Waals surface area contributed by atoms with Gasteiger partial charge in [0, 0.05) is 18.3 Å². The summed E-state index contributed by atoms with van der Waals surface area (Å²) in [6.45, 7) is 1.85. The van der Waals surface area contributed by atoms with E-state index in [1.165, 1.54) is 0 Å². The molecule has 3 rings (SSSR count). The number of carbonyl (C=O) groups is 2. The zero-order valence-electron chi connectivity index (χ0n) is 11.7. The number of phenolic OH excluding ortho intramolecular Hbond substituents is 1. The fourth-order valence-corrected chi connectivity index (χ4v) is 2.65. The van der Waals surface area contributed by atoms with Crippen LogP contribution < -0.4 is 5.32 Å². The van der Waals surface area contributed by atoms with Crippen molar-refractivity contribution >= 4 is 17.4 Å². The number of Topliss-reactive ketones (excluding diaryl/α,β-unsaturated/α-hetero) is 1. The minimum Gasteiger partial charge on any atom is -0.506 e. The Morgan fingerprint density at radius 1 is 1.33 bits per heavy atom. The summed E-state index contributed by atoms with van der Waals surface area (Å²) in [7, 11) is 0. The predicted octanol–water partition coefficient (Wildman–Crippen LogP) is 2.80. The van der Waals surface area contributed by atoms with E-state index in [9.17, 15) is 14.7 Å². The van der Waals surface area contributed by atoms with Gasteiger partial charge in [-0.2, -0.15) is 0 Å². The highest BCUT2D eigenvalue weighted by molar-refractivity contribution is 6.14. The molecule has 21 heavy (non-hydrogen) atoms. The minimum absolute atomic E-state index is 0.00391. The van der Waals surface area contributed by atoms with Gasteiger partial charge in [0.2, 0.25) is 0 Å². The van der Waals surface area contributed by atoms with Gasteiger partial charge in [-0.25, -0.2) is 0 Å². The van der Waals surface area contributed by atoms with Crippen LogP contribution in [0.15, 0.2) is 24.4 Å².